The van der Waals surface area contributed by atoms with E-state index in [1.54, 1.807) is 11.3 Å². The first-order chi connectivity index (χ1) is 6.43. The second kappa shape index (κ2) is 6.66. The molecule has 0 aliphatic rings. The van der Waals surface area contributed by atoms with E-state index in [4.69, 9.17) is 0 Å². The summed E-state index contributed by atoms with van der Waals surface area (Å²) in [6.07, 6.45) is 4.35. The van der Waals surface area contributed by atoms with Crippen LogP contribution < -0.4 is 0 Å². The van der Waals surface area contributed by atoms with Crippen molar-refractivity contribution in [3.8, 4) is 0 Å². The van der Waals surface area contributed by atoms with Crippen LogP contribution in [0.2, 0.25) is 0 Å². The van der Waals surface area contributed by atoms with Gasteiger partial charge in [0, 0.05) is 0 Å². The molecule has 0 aliphatic carbocycles. The average molecular weight is 197 g/mol. The smallest absolute Gasteiger partial charge is 0.417 e. The summed E-state index contributed by atoms with van der Waals surface area (Å²) in [6.45, 7) is 1.93. The van der Waals surface area contributed by atoms with Gasteiger partial charge in [0.2, 0.25) is 0 Å². The summed E-state index contributed by atoms with van der Waals surface area (Å²) in [5.41, 5.74) is 1.41. The molecule has 1 aromatic rings. The quantitative estimate of drug-likeness (QED) is 0.628. The highest BCUT2D eigenvalue weighted by Gasteiger charge is 1.93. The molecule has 1 radical (unpaired) electrons. The van der Waals surface area contributed by atoms with Gasteiger partial charge in [0.1, 0.15) is 0 Å². The van der Waals surface area contributed by atoms with Crippen LogP contribution in [0.15, 0.2) is 16.8 Å². The van der Waals surface area contributed by atoms with Crippen molar-refractivity contribution in [2.45, 2.75) is 25.7 Å². The zero-order valence-electron chi connectivity index (χ0n) is 7.49. The Morgan fingerprint density at radius 1 is 1.38 bits per heavy atom. The van der Waals surface area contributed by atoms with Crippen LogP contribution in [-0.4, -0.2) is 13.1 Å². The molecule has 0 bridgehead atoms. The highest BCUT2D eigenvalue weighted by atomic mass is 32.1. The van der Waals surface area contributed by atoms with Gasteiger partial charge in [-0.1, -0.05) is 0 Å². The largest absolute Gasteiger partial charge is 0.457 e. The third-order valence-electron chi connectivity index (χ3n) is 1.85. The van der Waals surface area contributed by atoms with Crippen LogP contribution in [0.3, 0.4) is 0 Å². The van der Waals surface area contributed by atoms with Gasteiger partial charge in [-0.2, -0.15) is 11.3 Å². The maximum Gasteiger partial charge on any atom is 0.417 e. The molecule has 0 atom stereocenters. The molecule has 1 rings (SSSR count). The summed E-state index contributed by atoms with van der Waals surface area (Å²) in [6, 6.07) is 2.15. The third kappa shape index (κ3) is 4.68. The summed E-state index contributed by atoms with van der Waals surface area (Å²) in [4.78, 5) is 9.68. The average Bonchev–Trinajstić information content (AvgIpc) is 2.63. The Morgan fingerprint density at radius 2 is 2.31 bits per heavy atom. The van der Waals surface area contributed by atoms with Gasteiger partial charge in [-0.15, -0.1) is 0 Å². The minimum Gasteiger partial charge on any atom is -0.457 e. The Labute approximate surface area is 82.5 Å². The molecule has 0 amide bonds. The molecule has 0 saturated heterocycles. The van der Waals surface area contributed by atoms with Gasteiger partial charge in [0.05, 0.1) is 6.61 Å². The van der Waals surface area contributed by atoms with Gasteiger partial charge in [-0.3, -0.25) is 0 Å². The highest BCUT2D eigenvalue weighted by Crippen LogP contribution is 2.10. The molecule has 0 fully saturated rings. The Kier molecular flexibility index (Phi) is 5.25. The normalized spacial score (nSPS) is 9.85. The number of rotatable bonds is 7. The van der Waals surface area contributed by atoms with Crippen molar-refractivity contribution >= 4 is 17.8 Å². The summed E-state index contributed by atoms with van der Waals surface area (Å²) in [5, 5.41) is 4.27. The summed E-state index contributed by atoms with van der Waals surface area (Å²) >= 11 is 1.74. The van der Waals surface area contributed by atoms with E-state index in [0.29, 0.717) is 6.61 Å². The van der Waals surface area contributed by atoms with Crippen molar-refractivity contribution in [2.24, 2.45) is 0 Å². The monoisotopic (exact) mass is 197 g/mol. The van der Waals surface area contributed by atoms with Gasteiger partial charge >= 0.3 is 6.47 Å². The molecule has 0 saturated carbocycles. The minimum atomic E-state index is 0.507. The molecule has 3 heteroatoms. The fraction of sp³-hybridized carbons (Fsp3) is 0.500. The van der Waals surface area contributed by atoms with Gasteiger partial charge in [0.25, 0.3) is 0 Å². The summed E-state index contributed by atoms with van der Waals surface area (Å²) in [5.74, 6) is 0. The lowest BCUT2D eigenvalue weighted by molar-refractivity contribution is 0.269. The van der Waals surface area contributed by atoms with Crippen LogP contribution in [0.4, 0.5) is 0 Å². The Hall–Kier alpha value is -0.830. The fourth-order valence-electron chi connectivity index (χ4n) is 1.16. The van der Waals surface area contributed by atoms with Crippen molar-refractivity contribution < 1.29 is 9.53 Å². The summed E-state index contributed by atoms with van der Waals surface area (Å²) in [7, 11) is 0. The third-order valence-corrected chi connectivity index (χ3v) is 2.58. The first-order valence-corrected chi connectivity index (χ1v) is 5.38. The molecule has 2 nitrogen and oxygen atoms in total. The SMILES string of the molecule is O=[C]OCCCCCc1ccsc1. The molecule has 13 heavy (non-hydrogen) atoms. The van der Waals surface area contributed by atoms with Crippen molar-refractivity contribution in [1.29, 1.82) is 0 Å². The van der Waals surface area contributed by atoms with Crippen LogP contribution >= 0.6 is 11.3 Å². The first-order valence-electron chi connectivity index (χ1n) is 4.43. The topological polar surface area (TPSA) is 26.3 Å². The first kappa shape index (κ1) is 10.3. The number of ether oxygens (including phenoxy) is 1. The van der Waals surface area contributed by atoms with E-state index < -0.39 is 0 Å². The molecule has 0 aliphatic heterocycles. The number of unbranched alkanes of at least 4 members (excludes halogenated alkanes) is 2. The lowest BCUT2D eigenvalue weighted by Crippen LogP contribution is -1.92. The molecule has 0 N–H and O–H groups in total. The van der Waals surface area contributed by atoms with Crippen LogP contribution in [0, 0.1) is 0 Å². The Bertz CT molecular complexity index is 219. The number of carbonyl (C=O) groups excluding carboxylic acids is 1. The standard InChI is InChI=1S/C10H13O2S/c11-9-12-6-3-1-2-4-10-5-7-13-8-10/h5,7-8H,1-4,6H2. The highest BCUT2D eigenvalue weighted by molar-refractivity contribution is 7.07. The molecule has 1 heterocycles. The second-order valence-corrected chi connectivity index (χ2v) is 3.65. The molecular weight excluding hydrogens is 184 g/mol. The molecule has 0 unspecified atom stereocenters. The van der Waals surface area contributed by atoms with Crippen molar-refractivity contribution in [1.82, 2.24) is 0 Å². The van der Waals surface area contributed by atoms with E-state index in [-0.39, 0.29) is 0 Å². The Balaban J connectivity index is 1.93. The predicted octanol–water partition coefficient (Wildman–Crippen LogP) is 2.54. The number of hydrogen-bond donors (Lipinski definition) is 0. The van der Waals surface area contributed by atoms with Crippen molar-refractivity contribution in [2.75, 3.05) is 6.61 Å². The molecule has 0 aromatic carbocycles. The zero-order valence-corrected chi connectivity index (χ0v) is 8.31. The van der Waals surface area contributed by atoms with Gasteiger partial charge in [0.15, 0.2) is 0 Å². The second-order valence-electron chi connectivity index (χ2n) is 2.87. The minimum absolute atomic E-state index is 0.507. The van der Waals surface area contributed by atoms with Crippen LogP contribution in [0.25, 0.3) is 0 Å². The van der Waals surface area contributed by atoms with E-state index in [1.165, 1.54) is 18.5 Å². The Morgan fingerprint density at radius 3 is 3.00 bits per heavy atom. The van der Waals surface area contributed by atoms with Crippen LogP contribution in [0.5, 0.6) is 0 Å². The van der Waals surface area contributed by atoms with Gasteiger partial charge in [-0.25, -0.2) is 4.79 Å². The summed E-state index contributed by atoms with van der Waals surface area (Å²) < 4.78 is 4.47. The molecule has 0 spiro atoms. The van der Waals surface area contributed by atoms with Gasteiger partial charge < -0.3 is 4.74 Å². The van der Waals surface area contributed by atoms with Crippen LogP contribution in [-0.2, 0) is 16.0 Å². The number of thiophene rings is 1. The maximum absolute atomic E-state index is 9.68. The fourth-order valence-corrected chi connectivity index (χ4v) is 1.86. The lowest BCUT2D eigenvalue weighted by Gasteiger charge is -1.98. The molecule has 1 aromatic heterocycles. The number of aryl methyl sites for hydroxylation is 1. The predicted molar refractivity (Wildman–Crippen MR) is 53.5 cm³/mol. The molecule has 71 valence electrons. The lowest BCUT2D eigenvalue weighted by atomic mass is 10.1. The van der Waals surface area contributed by atoms with E-state index in [1.807, 2.05) is 0 Å². The van der Waals surface area contributed by atoms with Gasteiger partial charge in [-0.05, 0) is 48.1 Å². The number of hydrogen-bond acceptors (Lipinski definition) is 3. The van der Waals surface area contributed by atoms with E-state index in [9.17, 15) is 4.79 Å². The van der Waals surface area contributed by atoms with Crippen LogP contribution in [0.1, 0.15) is 24.8 Å². The maximum atomic E-state index is 9.68. The molecular formula is C10H13O2S. The van der Waals surface area contributed by atoms with Crippen molar-refractivity contribution in [3.63, 3.8) is 0 Å². The zero-order chi connectivity index (χ0) is 9.36. The van der Waals surface area contributed by atoms with E-state index >= 15 is 0 Å². The van der Waals surface area contributed by atoms with E-state index in [2.05, 4.69) is 21.6 Å². The van der Waals surface area contributed by atoms with Crippen molar-refractivity contribution in [3.05, 3.63) is 22.4 Å². The van der Waals surface area contributed by atoms with E-state index in [0.717, 1.165) is 19.3 Å².